The summed E-state index contributed by atoms with van der Waals surface area (Å²) in [4.78, 5) is 37.6. The summed E-state index contributed by atoms with van der Waals surface area (Å²) in [5, 5.41) is 7.39. The average Bonchev–Trinajstić information content (AvgIpc) is 3.30. The number of hydrogen-bond donors (Lipinski definition) is 0. The number of benzene rings is 2. The summed E-state index contributed by atoms with van der Waals surface area (Å²) < 4.78 is 10.3. The van der Waals surface area contributed by atoms with Crippen LogP contribution in [0.4, 0.5) is 0 Å². The van der Waals surface area contributed by atoms with Crippen molar-refractivity contribution in [3.05, 3.63) is 66.1 Å². The number of hydrogen-bond acceptors (Lipinski definition) is 7. The first-order chi connectivity index (χ1) is 13.1. The van der Waals surface area contributed by atoms with Crippen molar-refractivity contribution in [2.45, 2.75) is 6.42 Å². The van der Waals surface area contributed by atoms with Gasteiger partial charge in [-0.1, -0.05) is 12.1 Å². The molecule has 2 heterocycles. The Hall–Kier alpha value is -3.81. The van der Waals surface area contributed by atoms with Crippen LogP contribution < -0.4 is 4.74 Å². The average molecular weight is 363 g/mol. The fourth-order valence-electron chi connectivity index (χ4n) is 2.79. The molecule has 8 nitrogen and oxygen atoms in total. The second-order valence-electron chi connectivity index (χ2n) is 5.80. The third kappa shape index (κ3) is 3.20. The third-order valence-electron chi connectivity index (χ3n) is 4.11. The Balaban J connectivity index is 1.35. The summed E-state index contributed by atoms with van der Waals surface area (Å²) in [5.74, 6) is -0.638. The Kier molecular flexibility index (Phi) is 4.21. The van der Waals surface area contributed by atoms with Crippen molar-refractivity contribution < 1.29 is 23.5 Å². The minimum atomic E-state index is -0.544. The Morgan fingerprint density at radius 3 is 2.26 bits per heavy atom. The van der Waals surface area contributed by atoms with E-state index in [4.69, 9.17) is 9.15 Å². The molecule has 0 spiro atoms. The Labute approximate surface area is 153 Å². The van der Waals surface area contributed by atoms with Gasteiger partial charge in [-0.25, -0.2) is 0 Å². The molecular formula is C19H13N3O5. The molecule has 1 aliphatic rings. The Bertz CT molecular complexity index is 977. The summed E-state index contributed by atoms with van der Waals surface area (Å²) in [6.45, 7) is -0.0365. The first kappa shape index (κ1) is 16.6. The van der Waals surface area contributed by atoms with Crippen molar-refractivity contribution in [3.8, 4) is 17.2 Å². The molecule has 1 aliphatic heterocycles. The van der Waals surface area contributed by atoms with Crippen LogP contribution in [0.2, 0.25) is 0 Å². The molecule has 0 atom stereocenters. The van der Waals surface area contributed by atoms with E-state index in [2.05, 4.69) is 10.2 Å². The summed E-state index contributed by atoms with van der Waals surface area (Å²) in [6, 6.07) is 13.1. The van der Waals surface area contributed by atoms with Crippen LogP contribution in [0.25, 0.3) is 11.5 Å². The van der Waals surface area contributed by atoms with Gasteiger partial charge in [-0.05, 0) is 36.4 Å². The number of carbonyl (C=O) groups is 3. The van der Waals surface area contributed by atoms with E-state index < -0.39 is 17.8 Å². The van der Waals surface area contributed by atoms with Crippen LogP contribution in [0, 0.1) is 0 Å². The second kappa shape index (κ2) is 6.83. The van der Waals surface area contributed by atoms with Gasteiger partial charge in [-0.2, -0.15) is 0 Å². The molecule has 0 N–H and O–H groups in total. The SMILES string of the molecule is O=C(CCN1C(=O)c2ccccc2C1=O)Oc1ccc(-c2nnco2)cc1. The van der Waals surface area contributed by atoms with Crippen LogP contribution in [-0.4, -0.2) is 39.4 Å². The molecule has 0 saturated heterocycles. The van der Waals surface area contributed by atoms with Crippen LogP contribution in [0.5, 0.6) is 5.75 Å². The lowest BCUT2D eigenvalue weighted by atomic mass is 10.1. The molecule has 4 rings (SSSR count). The van der Waals surface area contributed by atoms with E-state index in [0.29, 0.717) is 28.3 Å². The molecule has 0 bridgehead atoms. The van der Waals surface area contributed by atoms with E-state index >= 15 is 0 Å². The van der Waals surface area contributed by atoms with Crippen LogP contribution in [0.1, 0.15) is 27.1 Å². The number of rotatable bonds is 5. The number of carbonyl (C=O) groups excluding carboxylic acids is 3. The maximum atomic E-state index is 12.3. The molecule has 0 saturated carbocycles. The molecule has 1 aromatic heterocycles. The van der Waals surface area contributed by atoms with Crippen molar-refractivity contribution >= 4 is 17.8 Å². The minimum absolute atomic E-state index is 0.0365. The summed E-state index contributed by atoms with van der Waals surface area (Å²) in [6.07, 6.45) is 1.12. The molecule has 0 fully saturated rings. The number of ether oxygens (including phenoxy) is 1. The molecule has 3 aromatic rings. The predicted molar refractivity (Wildman–Crippen MR) is 91.8 cm³/mol. The molecule has 27 heavy (non-hydrogen) atoms. The lowest BCUT2D eigenvalue weighted by Crippen LogP contribution is -2.32. The zero-order chi connectivity index (χ0) is 18.8. The molecular weight excluding hydrogens is 350 g/mol. The maximum absolute atomic E-state index is 12.3. The van der Waals surface area contributed by atoms with Crippen molar-refractivity contribution in [1.29, 1.82) is 0 Å². The molecule has 0 radical (unpaired) electrons. The van der Waals surface area contributed by atoms with Crippen LogP contribution in [-0.2, 0) is 4.79 Å². The number of aromatic nitrogens is 2. The van der Waals surface area contributed by atoms with Gasteiger partial charge in [0, 0.05) is 12.1 Å². The Morgan fingerprint density at radius 2 is 1.67 bits per heavy atom. The Morgan fingerprint density at radius 1 is 1.00 bits per heavy atom. The van der Waals surface area contributed by atoms with Gasteiger partial charge in [-0.15, -0.1) is 10.2 Å². The van der Waals surface area contributed by atoms with Crippen molar-refractivity contribution in [2.24, 2.45) is 0 Å². The monoisotopic (exact) mass is 363 g/mol. The number of imide groups is 1. The minimum Gasteiger partial charge on any atom is -0.426 e. The molecule has 134 valence electrons. The highest BCUT2D eigenvalue weighted by Crippen LogP contribution is 2.23. The smallest absolute Gasteiger partial charge is 0.312 e. The van der Waals surface area contributed by atoms with Gasteiger partial charge in [0.25, 0.3) is 11.8 Å². The highest BCUT2D eigenvalue weighted by molar-refractivity contribution is 6.21. The number of esters is 1. The number of nitrogens with zero attached hydrogens (tertiary/aromatic N) is 3. The predicted octanol–water partition coefficient (Wildman–Crippen LogP) is 2.33. The van der Waals surface area contributed by atoms with Crippen molar-refractivity contribution in [1.82, 2.24) is 15.1 Å². The fraction of sp³-hybridized carbons (Fsp3) is 0.105. The van der Waals surface area contributed by atoms with Gasteiger partial charge in [0.1, 0.15) is 5.75 Å². The molecule has 2 aromatic carbocycles. The van der Waals surface area contributed by atoms with E-state index in [9.17, 15) is 14.4 Å². The highest BCUT2D eigenvalue weighted by Gasteiger charge is 2.35. The maximum Gasteiger partial charge on any atom is 0.312 e. The van der Waals surface area contributed by atoms with Crippen LogP contribution in [0.3, 0.4) is 0 Å². The lowest BCUT2D eigenvalue weighted by molar-refractivity contribution is -0.134. The third-order valence-corrected chi connectivity index (χ3v) is 4.11. The quantitative estimate of drug-likeness (QED) is 0.389. The zero-order valence-electron chi connectivity index (χ0n) is 14.0. The summed E-state index contributed by atoms with van der Waals surface area (Å²) >= 11 is 0. The first-order valence-corrected chi connectivity index (χ1v) is 8.16. The van der Waals surface area contributed by atoms with Gasteiger partial charge in [-0.3, -0.25) is 19.3 Å². The van der Waals surface area contributed by atoms with Crippen LogP contribution >= 0.6 is 0 Å². The molecule has 0 aliphatic carbocycles. The second-order valence-corrected chi connectivity index (χ2v) is 5.80. The van der Waals surface area contributed by atoms with E-state index in [1.807, 2.05) is 0 Å². The van der Waals surface area contributed by atoms with Gasteiger partial charge in [0.05, 0.1) is 17.5 Å². The van der Waals surface area contributed by atoms with E-state index in [0.717, 1.165) is 4.90 Å². The van der Waals surface area contributed by atoms with E-state index in [1.165, 1.54) is 6.39 Å². The molecule has 2 amide bonds. The summed E-state index contributed by atoms with van der Waals surface area (Å²) in [7, 11) is 0. The van der Waals surface area contributed by atoms with Crippen molar-refractivity contribution in [2.75, 3.05) is 6.54 Å². The zero-order valence-corrected chi connectivity index (χ0v) is 14.0. The normalized spacial score (nSPS) is 13.0. The summed E-state index contributed by atoms with van der Waals surface area (Å²) in [5.41, 5.74) is 1.40. The fourth-order valence-corrected chi connectivity index (χ4v) is 2.79. The van der Waals surface area contributed by atoms with E-state index in [1.54, 1.807) is 48.5 Å². The standard InChI is InChI=1S/C19H13N3O5/c23-16(27-13-7-5-12(6-8-13)17-21-20-11-26-17)9-10-22-18(24)14-3-1-2-4-15(14)19(22)25/h1-8,11H,9-10H2. The van der Waals surface area contributed by atoms with Gasteiger partial charge in [0.2, 0.25) is 12.3 Å². The topological polar surface area (TPSA) is 103 Å². The van der Waals surface area contributed by atoms with Crippen molar-refractivity contribution in [3.63, 3.8) is 0 Å². The number of fused-ring (bicyclic) bond motifs is 1. The van der Waals surface area contributed by atoms with Crippen LogP contribution in [0.15, 0.2) is 59.3 Å². The molecule has 8 heteroatoms. The van der Waals surface area contributed by atoms with Gasteiger partial charge in [0.15, 0.2) is 0 Å². The highest BCUT2D eigenvalue weighted by atomic mass is 16.5. The first-order valence-electron chi connectivity index (χ1n) is 8.16. The largest absolute Gasteiger partial charge is 0.426 e. The van der Waals surface area contributed by atoms with Gasteiger partial charge < -0.3 is 9.15 Å². The van der Waals surface area contributed by atoms with E-state index in [-0.39, 0.29) is 13.0 Å². The lowest BCUT2D eigenvalue weighted by Gasteiger charge is -2.13. The molecule has 0 unspecified atom stereocenters. The van der Waals surface area contributed by atoms with Gasteiger partial charge >= 0.3 is 5.97 Å². The number of amides is 2.